The molecule has 25 heavy (non-hydrogen) atoms. The van der Waals surface area contributed by atoms with Crippen molar-refractivity contribution in [3.05, 3.63) is 51.6 Å². The van der Waals surface area contributed by atoms with Crippen LogP contribution in [0.3, 0.4) is 0 Å². The van der Waals surface area contributed by atoms with Crippen LogP contribution < -0.4 is 0 Å². The molecule has 0 aliphatic carbocycles. The fraction of sp³-hybridized carbons (Fsp3) is 0.125. The van der Waals surface area contributed by atoms with E-state index in [4.69, 9.17) is 27.9 Å². The van der Waals surface area contributed by atoms with Crippen LogP contribution in [-0.4, -0.2) is 34.1 Å². The van der Waals surface area contributed by atoms with Crippen LogP contribution in [0.2, 0.25) is 10.0 Å². The Labute approximate surface area is 161 Å². The van der Waals surface area contributed by atoms with Gasteiger partial charge in [-0.2, -0.15) is 0 Å². The Morgan fingerprint density at radius 2 is 2.00 bits per heavy atom. The first-order chi connectivity index (χ1) is 12.0. The molecule has 0 spiro atoms. The second-order valence-corrected chi connectivity index (χ2v) is 7.49. The molecule has 0 aliphatic rings. The molecule has 0 radical (unpaired) electrons. The monoisotopic (exact) mass is 412 g/mol. The van der Waals surface area contributed by atoms with Crippen LogP contribution in [0.15, 0.2) is 41.0 Å². The molecule has 0 atom stereocenters. The van der Waals surface area contributed by atoms with Gasteiger partial charge in [0.05, 0.1) is 15.8 Å². The normalized spacial score (nSPS) is 10.8. The van der Waals surface area contributed by atoms with Gasteiger partial charge in [-0.05, 0) is 29.6 Å². The lowest BCUT2D eigenvalue weighted by Crippen LogP contribution is -2.15. The number of nitrogens with zero attached hydrogens (tertiary/aromatic N) is 2. The van der Waals surface area contributed by atoms with E-state index in [9.17, 15) is 9.59 Å². The van der Waals surface area contributed by atoms with E-state index in [-0.39, 0.29) is 23.2 Å². The van der Waals surface area contributed by atoms with Gasteiger partial charge in [-0.15, -0.1) is 11.3 Å². The van der Waals surface area contributed by atoms with Gasteiger partial charge in [0.15, 0.2) is 12.4 Å². The van der Waals surface area contributed by atoms with Crippen LogP contribution in [0.5, 0.6) is 0 Å². The van der Waals surface area contributed by atoms with Gasteiger partial charge in [0.1, 0.15) is 16.2 Å². The summed E-state index contributed by atoms with van der Waals surface area (Å²) in [6, 6.07) is 6.41. The maximum atomic E-state index is 12.0. The summed E-state index contributed by atoms with van der Waals surface area (Å²) in [7, 11) is 0. The summed E-state index contributed by atoms with van der Waals surface area (Å²) in [4.78, 5) is 33.1. The third-order valence-corrected chi connectivity index (χ3v) is 5.70. The number of fused-ring (bicyclic) bond motifs is 1. The molecule has 128 valence electrons. The quantitative estimate of drug-likeness (QED) is 0.256. The van der Waals surface area contributed by atoms with Gasteiger partial charge in [-0.3, -0.25) is 9.59 Å². The molecule has 0 saturated carbocycles. The zero-order chi connectivity index (χ0) is 17.8. The van der Waals surface area contributed by atoms with Crippen LogP contribution in [0.1, 0.15) is 10.4 Å². The summed E-state index contributed by atoms with van der Waals surface area (Å²) in [6.45, 7) is -0.352. The minimum absolute atomic E-state index is 0.0522. The molecule has 0 N–H and O–H groups in total. The predicted octanol–water partition coefficient (Wildman–Crippen LogP) is 4.52. The molecule has 0 bridgehead atoms. The Hall–Kier alpha value is -1.67. The number of hydrogen-bond donors (Lipinski definition) is 0. The van der Waals surface area contributed by atoms with E-state index >= 15 is 0 Å². The summed E-state index contributed by atoms with van der Waals surface area (Å²) in [6.07, 6.45) is 1.46. The van der Waals surface area contributed by atoms with Crippen LogP contribution in [0.25, 0.3) is 10.2 Å². The van der Waals surface area contributed by atoms with Gasteiger partial charge in [0.2, 0.25) is 0 Å². The number of thiophene rings is 1. The van der Waals surface area contributed by atoms with E-state index < -0.39 is 5.97 Å². The van der Waals surface area contributed by atoms with Crippen molar-refractivity contribution in [1.82, 2.24) is 9.97 Å². The topological polar surface area (TPSA) is 69.2 Å². The van der Waals surface area contributed by atoms with Gasteiger partial charge in [0, 0.05) is 10.9 Å². The Bertz CT molecular complexity index is 946. The van der Waals surface area contributed by atoms with Gasteiger partial charge < -0.3 is 4.74 Å². The minimum atomic E-state index is -0.500. The molecule has 3 aromatic rings. The molecule has 1 aromatic carbocycles. The van der Waals surface area contributed by atoms with Crippen molar-refractivity contribution in [1.29, 1.82) is 0 Å². The Morgan fingerprint density at radius 3 is 2.80 bits per heavy atom. The first-order valence-electron chi connectivity index (χ1n) is 6.99. The molecular formula is C16H10Cl2N2O3S2. The number of carbonyl (C=O) groups excluding carboxylic acids is 2. The largest absolute Gasteiger partial charge is 0.457 e. The van der Waals surface area contributed by atoms with Gasteiger partial charge in [0.25, 0.3) is 0 Å². The molecule has 0 saturated heterocycles. The molecule has 3 rings (SSSR count). The second kappa shape index (κ2) is 8.14. The third kappa shape index (κ3) is 4.49. The van der Waals surface area contributed by atoms with Crippen LogP contribution in [-0.2, 0) is 9.53 Å². The van der Waals surface area contributed by atoms with E-state index in [2.05, 4.69) is 9.97 Å². The highest BCUT2D eigenvalue weighted by Gasteiger charge is 2.13. The van der Waals surface area contributed by atoms with Crippen molar-refractivity contribution in [2.75, 3.05) is 12.4 Å². The molecule has 0 amide bonds. The fourth-order valence-corrected chi connectivity index (χ4v) is 3.83. The van der Waals surface area contributed by atoms with Gasteiger partial charge >= 0.3 is 5.97 Å². The van der Waals surface area contributed by atoms with Crippen molar-refractivity contribution < 1.29 is 14.3 Å². The van der Waals surface area contributed by atoms with Gasteiger partial charge in [-0.1, -0.05) is 35.0 Å². The predicted molar refractivity (Wildman–Crippen MR) is 99.9 cm³/mol. The number of hydrogen-bond acceptors (Lipinski definition) is 7. The maximum Gasteiger partial charge on any atom is 0.316 e. The summed E-state index contributed by atoms with van der Waals surface area (Å²) >= 11 is 14.4. The SMILES string of the molecule is O=C(CSc1ncnc2sccc12)OCC(=O)c1ccc(Cl)c(Cl)c1. The van der Waals surface area contributed by atoms with Crippen molar-refractivity contribution in [3.63, 3.8) is 0 Å². The number of halogens is 2. The molecule has 0 fully saturated rings. The zero-order valence-corrected chi connectivity index (χ0v) is 15.7. The number of aromatic nitrogens is 2. The average molecular weight is 413 g/mol. The van der Waals surface area contributed by atoms with Gasteiger partial charge in [-0.25, -0.2) is 9.97 Å². The molecule has 2 aromatic heterocycles. The third-order valence-electron chi connectivity index (χ3n) is 3.16. The zero-order valence-electron chi connectivity index (χ0n) is 12.6. The molecule has 0 aliphatic heterocycles. The average Bonchev–Trinajstić information content (AvgIpc) is 3.09. The maximum absolute atomic E-state index is 12.0. The highest BCUT2D eigenvalue weighted by atomic mass is 35.5. The molecular weight excluding hydrogens is 403 g/mol. The number of ether oxygens (including phenoxy) is 1. The van der Waals surface area contributed by atoms with Crippen molar-refractivity contribution in [2.45, 2.75) is 5.03 Å². The fourth-order valence-electron chi connectivity index (χ4n) is 1.95. The smallest absolute Gasteiger partial charge is 0.316 e. The Balaban J connectivity index is 1.53. The van der Waals surface area contributed by atoms with E-state index in [0.29, 0.717) is 15.6 Å². The number of thioether (sulfide) groups is 1. The number of rotatable bonds is 6. The molecule has 0 unspecified atom stereocenters. The van der Waals surface area contributed by atoms with Crippen LogP contribution in [0, 0.1) is 0 Å². The van der Waals surface area contributed by atoms with E-state index in [0.717, 1.165) is 10.2 Å². The summed E-state index contributed by atoms with van der Waals surface area (Å²) < 4.78 is 5.02. The Kier molecular flexibility index (Phi) is 5.90. The lowest BCUT2D eigenvalue weighted by Gasteiger charge is -2.05. The van der Waals surface area contributed by atoms with Crippen molar-refractivity contribution in [3.8, 4) is 0 Å². The number of esters is 1. The summed E-state index contributed by atoms with van der Waals surface area (Å²) in [5.74, 6) is -0.795. The number of carbonyl (C=O) groups is 2. The van der Waals surface area contributed by atoms with Crippen LogP contribution in [0.4, 0.5) is 0 Å². The highest BCUT2D eigenvalue weighted by Crippen LogP contribution is 2.27. The van der Waals surface area contributed by atoms with E-state index in [1.165, 1.54) is 47.6 Å². The van der Waals surface area contributed by atoms with E-state index in [1.807, 2.05) is 11.4 Å². The molecule has 5 nitrogen and oxygen atoms in total. The lowest BCUT2D eigenvalue weighted by atomic mass is 10.1. The number of benzene rings is 1. The second-order valence-electron chi connectivity index (χ2n) is 4.82. The van der Waals surface area contributed by atoms with Crippen molar-refractivity contribution >= 4 is 68.3 Å². The lowest BCUT2D eigenvalue weighted by molar-refractivity contribution is -0.139. The molecule has 2 heterocycles. The van der Waals surface area contributed by atoms with Crippen molar-refractivity contribution in [2.24, 2.45) is 0 Å². The summed E-state index contributed by atoms with van der Waals surface area (Å²) in [5.41, 5.74) is 0.339. The number of Topliss-reactive ketones (excluding diaryl/α,β-unsaturated/α-hetero) is 1. The van der Waals surface area contributed by atoms with Crippen LogP contribution >= 0.6 is 46.3 Å². The van der Waals surface area contributed by atoms with E-state index in [1.54, 1.807) is 0 Å². The standard InChI is InChI=1S/C16H10Cl2N2O3S2/c17-11-2-1-9(5-12(11)18)13(21)6-23-14(22)7-25-16-10-3-4-24-15(10)19-8-20-16/h1-5,8H,6-7H2. The Morgan fingerprint density at radius 1 is 1.16 bits per heavy atom. The molecule has 9 heteroatoms. The highest BCUT2D eigenvalue weighted by molar-refractivity contribution is 8.00. The first-order valence-corrected chi connectivity index (χ1v) is 9.61. The number of ketones is 1. The minimum Gasteiger partial charge on any atom is -0.457 e. The first kappa shape index (κ1) is 18.1. The summed E-state index contributed by atoms with van der Waals surface area (Å²) in [5, 5.41) is 4.16.